The molecule has 0 spiro atoms. The lowest BCUT2D eigenvalue weighted by atomic mass is 9.94. The van der Waals surface area contributed by atoms with E-state index in [1.165, 1.54) is 22.3 Å². The van der Waals surface area contributed by atoms with Crippen molar-refractivity contribution in [1.82, 2.24) is 0 Å². The van der Waals surface area contributed by atoms with Crippen LogP contribution in [-0.4, -0.2) is 5.78 Å². The van der Waals surface area contributed by atoms with Gasteiger partial charge in [-0.25, -0.2) is 0 Å². The van der Waals surface area contributed by atoms with Gasteiger partial charge < -0.3 is 0 Å². The van der Waals surface area contributed by atoms with Crippen LogP contribution in [0.3, 0.4) is 0 Å². The van der Waals surface area contributed by atoms with Gasteiger partial charge in [0.25, 0.3) is 0 Å². The third kappa shape index (κ3) is 1.98. The van der Waals surface area contributed by atoms with Crippen molar-refractivity contribution in [1.29, 1.82) is 0 Å². The Balaban J connectivity index is 1.82. The molecule has 1 heteroatoms. The molecule has 106 valence electrons. The standard InChI is InChI=1S/C21H16O/c1-14-11-20-17(12-16-9-5-6-10-18(16)20)13-19(14)21(22)15-7-3-2-4-8-15/h2-11,13H,12H2,1H3. The van der Waals surface area contributed by atoms with Crippen LogP contribution in [0.5, 0.6) is 0 Å². The van der Waals surface area contributed by atoms with Crippen LogP contribution in [-0.2, 0) is 6.42 Å². The summed E-state index contributed by atoms with van der Waals surface area (Å²) in [5, 5.41) is 0. The van der Waals surface area contributed by atoms with Crippen molar-refractivity contribution in [2.45, 2.75) is 13.3 Å². The summed E-state index contributed by atoms with van der Waals surface area (Å²) < 4.78 is 0. The molecule has 0 saturated heterocycles. The predicted molar refractivity (Wildman–Crippen MR) is 89.3 cm³/mol. The fraction of sp³-hybridized carbons (Fsp3) is 0.0952. The second-order valence-electron chi connectivity index (χ2n) is 5.85. The minimum Gasteiger partial charge on any atom is -0.289 e. The Morgan fingerprint density at radius 3 is 2.36 bits per heavy atom. The molecule has 0 saturated carbocycles. The molecule has 22 heavy (non-hydrogen) atoms. The lowest BCUT2D eigenvalue weighted by Gasteiger charge is -2.09. The lowest BCUT2D eigenvalue weighted by molar-refractivity contribution is 0.103. The largest absolute Gasteiger partial charge is 0.289 e. The molecule has 0 N–H and O–H groups in total. The molecule has 1 aliphatic rings. The van der Waals surface area contributed by atoms with Gasteiger partial charge >= 0.3 is 0 Å². The Bertz CT molecular complexity index is 876. The minimum atomic E-state index is 0.108. The maximum Gasteiger partial charge on any atom is 0.193 e. The van der Waals surface area contributed by atoms with Gasteiger partial charge in [0.2, 0.25) is 0 Å². The molecule has 0 radical (unpaired) electrons. The fourth-order valence-corrected chi connectivity index (χ4v) is 3.28. The number of rotatable bonds is 2. The molecule has 0 unspecified atom stereocenters. The Morgan fingerprint density at radius 1 is 0.818 bits per heavy atom. The highest BCUT2D eigenvalue weighted by molar-refractivity contribution is 6.10. The molecule has 0 amide bonds. The van der Waals surface area contributed by atoms with Crippen LogP contribution in [0, 0.1) is 6.92 Å². The number of hydrogen-bond acceptors (Lipinski definition) is 1. The minimum absolute atomic E-state index is 0.108. The number of benzene rings is 3. The number of ketones is 1. The number of carbonyl (C=O) groups is 1. The molecule has 4 rings (SSSR count). The molecular formula is C21H16O. The molecule has 0 fully saturated rings. The molecule has 1 aliphatic carbocycles. The Labute approximate surface area is 130 Å². The topological polar surface area (TPSA) is 17.1 Å². The molecule has 0 heterocycles. The van der Waals surface area contributed by atoms with Crippen molar-refractivity contribution in [3.8, 4) is 11.1 Å². The van der Waals surface area contributed by atoms with E-state index in [1.54, 1.807) is 0 Å². The number of aryl methyl sites for hydroxylation is 1. The summed E-state index contributed by atoms with van der Waals surface area (Å²) in [5.74, 6) is 0.108. The van der Waals surface area contributed by atoms with Gasteiger partial charge in [-0.2, -0.15) is 0 Å². The second kappa shape index (κ2) is 4.96. The van der Waals surface area contributed by atoms with Crippen molar-refractivity contribution in [2.75, 3.05) is 0 Å². The summed E-state index contributed by atoms with van der Waals surface area (Å²) in [7, 11) is 0. The average molecular weight is 284 g/mol. The first-order valence-electron chi connectivity index (χ1n) is 7.55. The molecular weight excluding hydrogens is 268 g/mol. The van der Waals surface area contributed by atoms with E-state index in [-0.39, 0.29) is 5.78 Å². The zero-order valence-corrected chi connectivity index (χ0v) is 12.5. The van der Waals surface area contributed by atoms with Crippen LogP contribution in [0.1, 0.15) is 32.6 Å². The van der Waals surface area contributed by atoms with Crippen molar-refractivity contribution in [3.05, 3.63) is 94.5 Å². The van der Waals surface area contributed by atoms with E-state index >= 15 is 0 Å². The smallest absolute Gasteiger partial charge is 0.193 e. The van der Waals surface area contributed by atoms with E-state index in [0.717, 1.165) is 23.1 Å². The normalized spacial score (nSPS) is 11.9. The summed E-state index contributed by atoms with van der Waals surface area (Å²) in [6.07, 6.45) is 0.918. The summed E-state index contributed by atoms with van der Waals surface area (Å²) in [6.45, 7) is 2.03. The molecule has 0 aromatic heterocycles. The van der Waals surface area contributed by atoms with E-state index in [1.807, 2.05) is 37.3 Å². The first-order valence-corrected chi connectivity index (χ1v) is 7.55. The fourth-order valence-electron chi connectivity index (χ4n) is 3.28. The zero-order valence-electron chi connectivity index (χ0n) is 12.5. The summed E-state index contributed by atoms with van der Waals surface area (Å²) in [4.78, 5) is 12.7. The monoisotopic (exact) mass is 284 g/mol. The molecule has 0 bridgehead atoms. The van der Waals surface area contributed by atoms with Gasteiger partial charge in [0.1, 0.15) is 0 Å². The molecule has 0 aliphatic heterocycles. The van der Waals surface area contributed by atoms with Crippen molar-refractivity contribution in [2.24, 2.45) is 0 Å². The highest BCUT2D eigenvalue weighted by Gasteiger charge is 2.21. The van der Waals surface area contributed by atoms with Crippen molar-refractivity contribution < 1.29 is 4.79 Å². The molecule has 3 aromatic rings. The van der Waals surface area contributed by atoms with Gasteiger partial charge in [-0.15, -0.1) is 0 Å². The zero-order chi connectivity index (χ0) is 15.1. The number of hydrogen-bond donors (Lipinski definition) is 0. The van der Waals surface area contributed by atoms with Gasteiger partial charge in [0.15, 0.2) is 5.78 Å². The van der Waals surface area contributed by atoms with Crippen LogP contribution in [0.2, 0.25) is 0 Å². The van der Waals surface area contributed by atoms with Crippen molar-refractivity contribution in [3.63, 3.8) is 0 Å². The third-order valence-electron chi connectivity index (χ3n) is 4.42. The molecule has 3 aromatic carbocycles. The van der Waals surface area contributed by atoms with Gasteiger partial charge in [-0.1, -0.05) is 60.7 Å². The van der Waals surface area contributed by atoms with Gasteiger partial charge in [0, 0.05) is 11.1 Å². The SMILES string of the molecule is Cc1cc2c(cc1C(=O)c1ccccc1)Cc1ccccc1-2. The summed E-state index contributed by atoms with van der Waals surface area (Å²) >= 11 is 0. The van der Waals surface area contributed by atoms with E-state index in [9.17, 15) is 4.79 Å². The Morgan fingerprint density at radius 2 is 1.55 bits per heavy atom. The Hall–Kier alpha value is -2.67. The van der Waals surface area contributed by atoms with E-state index < -0.39 is 0 Å². The van der Waals surface area contributed by atoms with Gasteiger partial charge in [-0.05, 0) is 47.2 Å². The Kier molecular flexibility index (Phi) is 2.93. The van der Waals surface area contributed by atoms with E-state index in [2.05, 4.69) is 36.4 Å². The highest BCUT2D eigenvalue weighted by atomic mass is 16.1. The van der Waals surface area contributed by atoms with Crippen LogP contribution >= 0.6 is 0 Å². The van der Waals surface area contributed by atoms with Crippen LogP contribution in [0.4, 0.5) is 0 Å². The van der Waals surface area contributed by atoms with Gasteiger partial charge in [-0.3, -0.25) is 4.79 Å². The van der Waals surface area contributed by atoms with Crippen LogP contribution in [0.25, 0.3) is 11.1 Å². The predicted octanol–water partition coefficient (Wildman–Crippen LogP) is 4.80. The number of fused-ring (bicyclic) bond motifs is 3. The van der Waals surface area contributed by atoms with E-state index in [4.69, 9.17) is 0 Å². The summed E-state index contributed by atoms with van der Waals surface area (Å²) in [6, 6.07) is 22.2. The lowest BCUT2D eigenvalue weighted by Crippen LogP contribution is -2.04. The maximum atomic E-state index is 12.7. The molecule has 0 atom stereocenters. The first-order chi connectivity index (χ1) is 10.7. The first kappa shape index (κ1) is 13.0. The maximum absolute atomic E-state index is 12.7. The van der Waals surface area contributed by atoms with Crippen molar-refractivity contribution >= 4 is 5.78 Å². The second-order valence-corrected chi connectivity index (χ2v) is 5.85. The average Bonchev–Trinajstić information content (AvgIpc) is 2.92. The number of carbonyl (C=O) groups excluding carboxylic acids is 1. The highest BCUT2D eigenvalue weighted by Crippen LogP contribution is 2.38. The quantitative estimate of drug-likeness (QED) is 0.483. The molecule has 1 nitrogen and oxygen atoms in total. The van der Waals surface area contributed by atoms with Gasteiger partial charge in [0.05, 0.1) is 0 Å². The van der Waals surface area contributed by atoms with E-state index in [0.29, 0.717) is 0 Å². The van der Waals surface area contributed by atoms with Crippen LogP contribution in [0.15, 0.2) is 66.7 Å². The van der Waals surface area contributed by atoms with Crippen LogP contribution < -0.4 is 0 Å². The third-order valence-corrected chi connectivity index (χ3v) is 4.42. The summed E-state index contributed by atoms with van der Waals surface area (Å²) in [5.41, 5.74) is 7.80.